The SMILES string of the molecule is CCOC(=O)C1=C(CS(=O)(=O)c2ccc(C)c(C)c2)NC(=O)NC1c1ccc(O)c(OC)c1. The monoisotopic (exact) mass is 474 g/mol. The van der Waals surface area contributed by atoms with Gasteiger partial charge in [0.15, 0.2) is 21.3 Å². The van der Waals surface area contributed by atoms with Gasteiger partial charge in [0.25, 0.3) is 0 Å². The number of urea groups is 1. The molecular weight excluding hydrogens is 448 g/mol. The number of rotatable bonds is 7. The quantitative estimate of drug-likeness (QED) is 0.526. The maximum Gasteiger partial charge on any atom is 0.338 e. The average Bonchev–Trinajstić information content (AvgIpc) is 2.75. The van der Waals surface area contributed by atoms with Crippen molar-refractivity contribution in [3.8, 4) is 11.5 Å². The molecule has 2 aromatic carbocycles. The lowest BCUT2D eigenvalue weighted by atomic mass is 9.95. The van der Waals surface area contributed by atoms with Crippen molar-refractivity contribution in [3.63, 3.8) is 0 Å². The van der Waals surface area contributed by atoms with E-state index in [-0.39, 0.29) is 34.3 Å². The van der Waals surface area contributed by atoms with Crippen LogP contribution in [0.2, 0.25) is 0 Å². The van der Waals surface area contributed by atoms with Gasteiger partial charge in [0, 0.05) is 5.70 Å². The van der Waals surface area contributed by atoms with Crippen molar-refractivity contribution in [1.82, 2.24) is 10.6 Å². The van der Waals surface area contributed by atoms with E-state index in [9.17, 15) is 23.1 Å². The van der Waals surface area contributed by atoms with Gasteiger partial charge in [-0.15, -0.1) is 0 Å². The number of aryl methyl sites for hydroxylation is 2. The van der Waals surface area contributed by atoms with Crippen LogP contribution in [-0.2, 0) is 19.4 Å². The normalized spacial score (nSPS) is 16.1. The minimum Gasteiger partial charge on any atom is -0.504 e. The molecule has 3 rings (SSSR count). The average molecular weight is 475 g/mol. The Bertz CT molecular complexity index is 1240. The first kappa shape index (κ1) is 24.1. The number of benzene rings is 2. The Hall–Kier alpha value is -3.53. The number of carbonyl (C=O) groups excluding carboxylic acids is 2. The number of carbonyl (C=O) groups is 2. The first-order valence-corrected chi connectivity index (χ1v) is 11.9. The van der Waals surface area contributed by atoms with E-state index < -0.39 is 33.6 Å². The minimum absolute atomic E-state index is 0.0448. The van der Waals surface area contributed by atoms with E-state index in [2.05, 4.69) is 10.6 Å². The molecule has 10 heteroatoms. The molecule has 0 aliphatic carbocycles. The maximum absolute atomic E-state index is 13.2. The number of esters is 1. The Morgan fingerprint density at radius 1 is 1.12 bits per heavy atom. The lowest BCUT2D eigenvalue weighted by molar-refractivity contribution is -0.139. The summed E-state index contributed by atoms with van der Waals surface area (Å²) in [4.78, 5) is 25.4. The van der Waals surface area contributed by atoms with Crippen LogP contribution in [0.25, 0.3) is 0 Å². The molecule has 0 fully saturated rings. The molecule has 1 unspecified atom stereocenters. The molecule has 1 aliphatic rings. The largest absolute Gasteiger partial charge is 0.504 e. The van der Waals surface area contributed by atoms with Crippen LogP contribution in [-0.4, -0.2) is 45.0 Å². The van der Waals surface area contributed by atoms with Crippen LogP contribution < -0.4 is 15.4 Å². The van der Waals surface area contributed by atoms with Crippen molar-refractivity contribution < 1.29 is 32.6 Å². The van der Waals surface area contributed by atoms with Crippen molar-refractivity contribution in [1.29, 1.82) is 0 Å². The maximum atomic E-state index is 13.2. The number of ether oxygens (including phenoxy) is 2. The number of phenols is 1. The van der Waals surface area contributed by atoms with Crippen LogP contribution in [0.3, 0.4) is 0 Å². The molecule has 0 saturated heterocycles. The molecule has 33 heavy (non-hydrogen) atoms. The third kappa shape index (κ3) is 5.11. The van der Waals surface area contributed by atoms with Gasteiger partial charge in [-0.3, -0.25) is 0 Å². The predicted octanol–water partition coefficient (Wildman–Crippen LogP) is 2.66. The van der Waals surface area contributed by atoms with Crippen molar-refractivity contribution in [2.24, 2.45) is 0 Å². The van der Waals surface area contributed by atoms with Crippen molar-refractivity contribution in [3.05, 3.63) is 64.4 Å². The number of phenolic OH excluding ortho intramolecular Hbond substituents is 1. The fraction of sp³-hybridized carbons (Fsp3) is 0.304. The first-order chi connectivity index (χ1) is 15.6. The summed E-state index contributed by atoms with van der Waals surface area (Å²) in [5, 5.41) is 15.0. The molecule has 0 spiro atoms. The van der Waals surface area contributed by atoms with E-state index in [1.54, 1.807) is 26.0 Å². The van der Waals surface area contributed by atoms with Gasteiger partial charge in [0.2, 0.25) is 0 Å². The van der Waals surface area contributed by atoms with E-state index in [1.165, 1.54) is 31.4 Å². The van der Waals surface area contributed by atoms with Crippen LogP contribution in [0, 0.1) is 13.8 Å². The fourth-order valence-corrected chi connectivity index (χ4v) is 4.89. The molecule has 0 aromatic heterocycles. The zero-order valence-electron chi connectivity index (χ0n) is 18.8. The fourth-order valence-electron chi connectivity index (χ4n) is 3.49. The number of sulfone groups is 1. The van der Waals surface area contributed by atoms with Gasteiger partial charge in [0.05, 0.1) is 36.0 Å². The van der Waals surface area contributed by atoms with Crippen molar-refractivity contribution in [2.75, 3.05) is 19.5 Å². The molecule has 2 aromatic rings. The highest BCUT2D eigenvalue weighted by molar-refractivity contribution is 7.91. The van der Waals surface area contributed by atoms with Gasteiger partial charge in [-0.1, -0.05) is 12.1 Å². The van der Waals surface area contributed by atoms with Gasteiger partial charge in [-0.05, 0) is 61.7 Å². The zero-order chi connectivity index (χ0) is 24.3. The van der Waals surface area contributed by atoms with E-state index >= 15 is 0 Å². The standard InChI is InChI=1S/C23H26N2O7S/c1-5-32-22(27)20-17(12-33(29,30)16-8-6-13(2)14(3)10-16)24-23(28)25-21(20)15-7-9-18(26)19(11-15)31-4/h6-11,21,26H,5,12H2,1-4H3,(H2,24,25,28). The highest BCUT2D eigenvalue weighted by atomic mass is 32.2. The van der Waals surface area contributed by atoms with Crippen LogP contribution in [0.1, 0.15) is 29.7 Å². The molecule has 1 aliphatic heterocycles. The molecule has 2 amide bonds. The molecule has 0 bridgehead atoms. The second-order valence-electron chi connectivity index (χ2n) is 7.58. The lowest BCUT2D eigenvalue weighted by Gasteiger charge is -2.29. The summed E-state index contributed by atoms with van der Waals surface area (Å²) >= 11 is 0. The molecular formula is C23H26N2O7S. The minimum atomic E-state index is -3.90. The summed E-state index contributed by atoms with van der Waals surface area (Å²) in [5.74, 6) is -1.37. The van der Waals surface area contributed by atoms with Crippen molar-refractivity contribution >= 4 is 21.8 Å². The Balaban J connectivity index is 2.13. The van der Waals surface area contributed by atoms with Crippen LogP contribution in [0.5, 0.6) is 11.5 Å². The molecule has 3 N–H and O–H groups in total. The van der Waals surface area contributed by atoms with Gasteiger partial charge < -0.3 is 25.2 Å². The third-order valence-electron chi connectivity index (χ3n) is 5.36. The zero-order valence-corrected chi connectivity index (χ0v) is 19.6. The molecule has 9 nitrogen and oxygen atoms in total. The Morgan fingerprint density at radius 3 is 2.48 bits per heavy atom. The molecule has 176 valence electrons. The summed E-state index contributed by atoms with van der Waals surface area (Å²) < 4.78 is 36.6. The highest BCUT2D eigenvalue weighted by Gasteiger charge is 2.36. The molecule has 1 atom stereocenters. The number of methoxy groups -OCH3 is 1. The molecule has 0 radical (unpaired) electrons. The summed E-state index contributed by atoms with van der Waals surface area (Å²) in [5.41, 5.74) is 2.03. The van der Waals surface area contributed by atoms with Gasteiger partial charge >= 0.3 is 12.0 Å². The number of hydrogen-bond acceptors (Lipinski definition) is 7. The second kappa shape index (κ2) is 9.53. The number of aromatic hydroxyl groups is 1. The van der Waals surface area contributed by atoms with Gasteiger partial charge in [-0.25, -0.2) is 18.0 Å². The van der Waals surface area contributed by atoms with E-state index in [4.69, 9.17) is 9.47 Å². The molecule has 1 heterocycles. The highest BCUT2D eigenvalue weighted by Crippen LogP contribution is 2.34. The second-order valence-corrected chi connectivity index (χ2v) is 9.57. The topological polar surface area (TPSA) is 131 Å². The van der Waals surface area contributed by atoms with E-state index in [0.29, 0.717) is 5.56 Å². The number of amides is 2. The summed E-state index contributed by atoms with van der Waals surface area (Å²) in [6.45, 7) is 5.35. The molecule has 0 saturated carbocycles. The van der Waals surface area contributed by atoms with Crippen molar-refractivity contribution in [2.45, 2.75) is 31.7 Å². The van der Waals surface area contributed by atoms with E-state index in [0.717, 1.165) is 11.1 Å². The lowest BCUT2D eigenvalue weighted by Crippen LogP contribution is -2.47. The van der Waals surface area contributed by atoms with Gasteiger partial charge in [-0.2, -0.15) is 0 Å². The Kier molecular flexibility index (Phi) is 6.97. The summed E-state index contributed by atoms with van der Waals surface area (Å²) in [7, 11) is -2.54. The van der Waals surface area contributed by atoms with E-state index in [1.807, 2.05) is 6.92 Å². The Labute approximate surface area is 192 Å². The van der Waals surface area contributed by atoms with Crippen LogP contribution in [0.4, 0.5) is 4.79 Å². The summed E-state index contributed by atoms with van der Waals surface area (Å²) in [6.07, 6.45) is 0. The van der Waals surface area contributed by atoms with Crippen LogP contribution >= 0.6 is 0 Å². The van der Waals surface area contributed by atoms with Gasteiger partial charge in [0.1, 0.15) is 0 Å². The summed E-state index contributed by atoms with van der Waals surface area (Å²) in [6, 6.07) is 7.38. The third-order valence-corrected chi connectivity index (χ3v) is 7.00. The smallest absolute Gasteiger partial charge is 0.338 e. The number of hydrogen-bond donors (Lipinski definition) is 3. The Morgan fingerprint density at radius 2 is 1.85 bits per heavy atom. The number of nitrogens with one attached hydrogen (secondary N) is 2. The van der Waals surface area contributed by atoms with Crippen LogP contribution in [0.15, 0.2) is 52.6 Å². The first-order valence-electron chi connectivity index (χ1n) is 10.2. The predicted molar refractivity (Wildman–Crippen MR) is 121 cm³/mol.